The Bertz CT molecular complexity index is 98.3. The molecule has 0 saturated carbocycles. The van der Waals surface area contributed by atoms with Crippen LogP contribution in [0.5, 0.6) is 0 Å². The summed E-state index contributed by atoms with van der Waals surface area (Å²) in [5, 5.41) is 3.28. The highest BCUT2D eigenvalue weighted by atomic mass is 15.1. The van der Waals surface area contributed by atoms with Crippen LogP contribution < -0.4 is 5.32 Å². The third kappa shape index (κ3) is 6.05. The molecule has 0 amide bonds. The second-order valence-electron chi connectivity index (χ2n) is 4.17. The Labute approximate surface area is 84.2 Å². The molecule has 0 bridgehead atoms. The first-order valence-electron chi connectivity index (χ1n) is 5.79. The van der Waals surface area contributed by atoms with Crippen LogP contribution in [0.15, 0.2) is 0 Å². The van der Waals surface area contributed by atoms with Crippen LogP contribution in [0.25, 0.3) is 0 Å². The lowest BCUT2D eigenvalue weighted by Gasteiger charge is -2.20. The van der Waals surface area contributed by atoms with Gasteiger partial charge < -0.3 is 10.2 Å². The molecular weight excluding hydrogens is 160 g/mol. The van der Waals surface area contributed by atoms with Gasteiger partial charge in [0, 0.05) is 1.43 Å². The fourth-order valence-corrected chi connectivity index (χ4v) is 1.85. The largest absolute Gasteiger partial charge is 0.317 e. The zero-order valence-corrected chi connectivity index (χ0v) is 9.02. The molecule has 1 N–H and O–H groups in total. The van der Waals surface area contributed by atoms with Crippen molar-refractivity contribution in [3.05, 3.63) is 0 Å². The number of hydrogen-bond donors (Lipinski definition) is 1. The van der Waals surface area contributed by atoms with Crippen LogP contribution in [-0.2, 0) is 0 Å². The molecule has 2 fully saturated rings. The van der Waals surface area contributed by atoms with Crippen LogP contribution in [0.4, 0.5) is 0 Å². The maximum atomic E-state index is 3.28. The van der Waals surface area contributed by atoms with Crippen molar-refractivity contribution in [3.63, 3.8) is 0 Å². The average Bonchev–Trinajstić information content (AvgIpc) is 2.22. The minimum atomic E-state index is 0. The molecule has 0 unspecified atom stereocenters. The SMILES string of the molecule is C1CCNCC1.CN1CCCCC1.[HH]. The maximum Gasteiger partial charge on any atom is 0 e. The summed E-state index contributed by atoms with van der Waals surface area (Å²) in [6.45, 7) is 5.14. The van der Waals surface area contributed by atoms with Gasteiger partial charge in [0.1, 0.15) is 0 Å². The molecule has 2 aliphatic heterocycles. The van der Waals surface area contributed by atoms with Gasteiger partial charge >= 0.3 is 0 Å². The molecule has 0 atom stereocenters. The van der Waals surface area contributed by atoms with Gasteiger partial charge in [-0.25, -0.2) is 0 Å². The minimum Gasteiger partial charge on any atom is -0.317 e. The Hall–Kier alpha value is -0.0800. The van der Waals surface area contributed by atoms with E-state index in [1.165, 1.54) is 64.7 Å². The van der Waals surface area contributed by atoms with Crippen LogP contribution in [-0.4, -0.2) is 38.1 Å². The summed E-state index contributed by atoms with van der Waals surface area (Å²) in [6.07, 6.45) is 8.49. The van der Waals surface area contributed by atoms with Gasteiger partial charge in [0.2, 0.25) is 0 Å². The zero-order chi connectivity index (χ0) is 9.36. The Morgan fingerprint density at radius 2 is 1.38 bits per heavy atom. The number of hydrogen-bond acceptors (Lipinski definition) is 2. The second kappa shape index (κ2) is 7.34. The first-order valence-corrected chi connectivity index (χ1v) is 5.79. The summed E-state index contributed by atoms with van der Waals surface area (Å²) in [4.78, 5) is 2.39. The molecule has 0 radical (unpaired) electrons. The summed E-state index contributed by atoms with van der Waals surface area (Å²) in [7, 11) is 2.19. The van der Waals surface area contributed by atoms with Gasteiger partial charge in [-0.1, -0.05) is 12.8 Å². The smallest absolute Gasteiger partial charge is 0 e. The fraction of sp³-hybridized carbons (Fsp3) is 1.00. The molecule has 2 heteroatoms. The van der Waals surface area contributed by atoms with Crippen molar-refractivity contribution in [1.82, 2.24) is 10.2 Å². The van der Waals surface area contributed by atoms with Gasteiger partial charge in [-0.2, -0.15) is 0 Å². The molecule has 2 rings (SSSR count). The van der Waals surface area contributed by atoms with Gasteiger partial charge in [-0.05, 0) is 58.9 Å². The molecule has 2 saturated heterocycles. The normalized spacial score (nSPS) is 24.7. The van der Waals surface area contributed by atoms with E-state index >= 15 is 0 Å². The molecule has 2 aliphatic rings. The van der Waals surface area contributed by atoms with Gasteiger partial charge in [0.25, 0.3) is 0 Å². The molecular formula is C11H26N2. The number of likely N-dealkylation sites (tertiary alicyclic amines) is 1. The number of nitrogens with zero attached hydrogens (tertiary/aromatic N) is 1. The van der Waals surface area contributed by atoms with E-state index < -0.39 is 0 Å². The predicted octanol–water partition coefficient (Wildman–Crippen LogP) is 2.11. The van der Waals surface area contributed by atoms with E-state index in [2.05, 4.69) is 17.3 Å². The first-order chi connectivity index (χ1) is 6.39. The summed E-state index contributed by atoms with van der Waals surface area (Å²) in [6, 6.07) is 0. The van der Waals surface area contributed by atoms with E-state index in [0.29, 0.717) is 0 Å². The standard InChI is InChI=1S/C6H13N.C5H11N.H2/c1-7-5-3-2-4-6-7;1-2-4-6-5-3-1;/h2-6H2,1H3;6H,1-5H2;1H. The van der Waals surface area contributed by atoms with Crippen molar-refractivity contribution in [2.24, 2.45) is 0 Å². The molecule has 0 spiro atoms. The number of nitrogens with one attached hydrogen (secondary N) is 1. The van der Waals surface area contributed by atoms with Crippen LogP contribution in [0.2, 0.25) is 0 Å². The average molecular weight is 186 g/mol. The zero-order valence-electron chi connectivity index (χ0n) is 9.02. The van der Waals surface area contributed by atoms with E-state index in [0.717, 1.165) is 0 Å². The molecule has 2 heterocycles. The van der Waals surface area contributed by atoms with Crippen LogP contribution in [0.1, 0.15) is 40.0 Å². The highest BCUT2D eigenvalue weighted by molar-refractivity contribution is 4.58. The van der Waals surface area contributed by atoms with Gasteiger partial charge in [0.05, 0.1) is 0 Å². The molecule has 0 aromatic carbocycles. The maximum absolute atomic E-state index is 3.28. The molecule has 0 aromatic heterocycles. The second-order valence-corrected chi connectivity index (χ2v) is 4.17. The topological polar surface area (TPSA) is 15.3 Å². The quantitative estimate of drug-likeness (QED) is 0.623. The predicted molar refractivity (Wildman–Crippen MR) is 60.2 cm³/mol. The van der Waals surface area contributed by atoms with Crippen molar-refractivity contribution in [2.75, 3.05) is 33.2 Å². The third-order valence-electron chi connectivity index (χ3n) is 2.79. The van der Waals surface area contributed by atoms with E-state index in [-0.39, 0.29) is 1.43 Å². The summed E-state index contributed by atoms with van der Waals surface area (Å²) < 4.78 is 0. The Balaban J connectivity index is 0.000000227. The number of piperidine rings is 2. The minimum absolute atomic E-state index is 0. The lowest BCUT2D eigenvalue weighted by Crippen LogP contribution is -2.24. The van der Waals surface area contributed by atoms with Crippen molar-refractivity contribution in [1.29, 1.82) is 0 Å². The Morgan fingerprint density at radius 1 is 0.846 bits per heavy atom. The first kappa shape index (κ1) is 11.0. The lowest BCUT2D eigenvalue weighted by molar-refractivity contribution is 0.277. The Morgan fingerprint density at radius 3 is 1.62 bits per heavy atom. The van der Waals surface area contributed by atoms with Crippen molar-refractivity contribution in [3.8, 4) is 0 Å². The lowest BCUT2D eigenvalue weighted by atomic mass is 10.1. The summed E-state index contributed by atoms with van der Waals surface area (Å²) in [5.74, 6) is 0. The van der Waals surface area contributed by atoms with Crippen LogP contribution in [0, 0.1) is 0 Å². The highest BCUT2D eigenvalue weighted by Crippen LogP contribution is 2.04. The third-order valence-corrected chi connectivity index (χ3v) is 2.79. The molecule has 0 aromatic rings. The van der Waals surface area contributed by atoms with Crippen molar-refractivity contribution >= 4 is 0 Å². The van der Waals surface area contributed by atoms with Gasteiger partial charge in [-0.15, -0.1) is 0 Å². The fourth-order valence-electron chi connectivity index (χ4n) is 1.85. The molecule has 2 nitrogen and oxygen atoms in total. The van der Waals surface area contributed by atoms with E-state index in [1.54, 1.807) is 0 Å². The summed E-state index contributed by atoms with van der Waals surface area (Å²) >= 11 is 0. The number of rotatable bonds is 0. The van der Waals surface area contributed by atoms with E-state index in [9.17, 15) is 0 Å². The van der Waals surface area contributed by atoms with Gasteiger partial charge in [0.15, 0.2) is 0 Å². The van der Waals surface area contributed by atoms with Gasteiger partial charge in [-0.3, -0.25) is 0 Å². The Kier molecular flexibility index (Phi) is 6.21. The van der Waals surface area contributed by atoms with Crippen LogP contribution in [0.3, 0.4) is 0 Å². The van der Waals surface area contributed by atoms with E-state index in [1.807, 2.05) is 0 Å². The van der Waals surface area contributed by atoms with E-state index in [4.69, 9.17) is 0 Å². The molecule has 13 heavy (non-hydrogen) atoms. The van der Waals surface area contributed by atoms with Crippen LogP contribution >= 0.6 is 0 Å². The molecule has 80 valence electrons. The monoisotopic (exact) mass is 186 g/mol. The highest BCUT2D eigenvalue weighted by Gasteiger charge is 2.02. The van der Waals surface area contributed by atoms with Crippen molar-refractivity contribution < 1.29 is 1.43 Å². The van der Waals surface area contributed by atoms with Crippen molar-refractivity contribution in [2.45, 2.75) is 38.5 Å². The summed E-state index contributed by atoms with van der Waals surface area (Å²) in [5.41, 5.74) is 0. The molecule has 0 aliphatic carbocycles.